The van der Waals surface area contributed by atoms with Crippen LogP contribution >= 0.6 is 0 Å². The van der Waals surface area contributed by atoms with Gasteiger partial charge in [0.2, 0.25) is 18.4 Å². The second-order valence-corrected chi connectivity index (χ2v) is 6.42. The van der Waals surface area contributed by atoms with Crippen LogP contribution in [0.5, 0.6) is 0 Å². The lowest BCUT2D eigenvalue weighted by Crippen LogP contribution is -2.67. The molecule has 25 heavy (non-hydrogen) atoms. The molecule has 1 aromatic carbocycles. The van der Waals surface area contributed by atoms with Crippen LogP contribution in [0.25, 0.3) is 0 Å². The van der Waals surface area contributed by atoms with Gasteiger partial charge in [-0.1, -0.05) is 17.7 Å². The maximum absolute atomic E-state index is 12.3. The van der Waals surface area contributed by atoms with Gasteiger partial charge in [-0.3, -0.25) is 4.84 Å². The third-order valence-electron chi connectivity index (χ3n) is 5.04. The van der Waals surface area contributed by atoms with E-state index in [0.717, 1.165) is 11.3 Å². The Morgan fingerprint density at radius 1 is 1.16 bits per heavy atom. The number of hydrazine groups is 1. The zero-order valence-corrected chi connectivity index (χ0v) is 14.3. The number of hydrogen-bond acceptors (Lipinski definition) is 5. The van der Waals surface area contributed by atoms with E-state index in [1.807, 2.05) is 11.7 Å². The van der Waals surface area contributed by atoms with E-state index >= 15 is 0 Å². The first-order valence-electron chi connectivity index (χ1n) is 8.16. The number of ether oxygens (including phenoxy) is 2. The molecule has 1 fully saturated rings. The monoisotopic (exact) mass is 346 g/mol. The lowest BCUT2D eigenvalue weighted by atomic mass is 9.86. The Kier molecular flexibility index (Phi) is 3.55. The van der Waals surface area contributed by atoms with Gasteiger partial charge in [0, 0.05) is 5.56 Å². The summed E-state index contributed by atoms with van der Waals surface area (Å²) in [6.45, 7) is 2.75. The molecule has 3 aliphatic rings. The lowest BCUT2D eigenvalue weighted by molar-refractivity contribution is -0.795. The van der Waals surface area contributed by atoms with E-state index in [0.29, 0.717) is 6.54 Å². The zero-order chi connectivity index (χ0) is 17.7. The molecular weight excluding hydrogens is 326 g/mol. The highest BCUT2D eigenvalue weighted by Crippen LogP contribution is 2.39. The van der Waals surface area contributed by atoms with E-state index in [-0.39, 0.29) is 24.6 Å². The molecule has 3 unspecified atom stereocenters. The molecule has 8 nitrogen and oxygen atoms in total. The Bertz CT molecular complexity index is 760. The largest absolute Gasteiger partial charge is 0.452 e. The minimum absolute atomic E-state index is 0.0114. The molecule has 0 saturated carbocycles. The topological polar surface area (TPSA) is 71.3 Å². The molecule has 3 heterocycles. The lowest BCUT2D eigenvalue weighted by Gasteiger charge is -2.44. The minimum Gasteiger partial charge on any atom is -0.452 e. The van der Waals surface area contributed by atoms with Crippen LogP contribution in [0, 0.1) is 12.8 Å². The number of rotatable bonds is 1. The maximum Gasteiger partial charge on any atom is 0.429 e. The van der Waals surface area contributed by atoms with Gasteiger partial charge in [0.25, 0.3) is 0 Å². The van der Waals surface area contributed by atoms with Crippen LogP contribution in [0.1, 0.15) is 11.1 Å². The molecule has 0 aromatic heterocycles. The highest BCUT2D eigenvalue weighted by molar-refractivity contribution is 6.01. The summed E-state index contributed by atoms with van der Waals surface area (Å²) in [6.07, 6.45) is -1.39. The van der Waals surface area contributed by atoms with Crippen LogP contribution in [0.4, 0.5) is 9.59 Å². The summed E-state index contributed by atoms with van der Waals surface area (Å²) >= 11 is 0. The van der Waals surface area contributed by atoms with Gasteiger partial charge in [0.1, 0.15) is 12.0 Å². The summed E-state index contributed by atoms with van der Waals surface area (Å²) in [7, 11) is 2.59. The fraction of sp³-hybridized carbons (Fsp3) is 0.471. The number of methoxy groups -OCH3 is 2. The molecule has 0 N–H and O–H groups in total. The number of amides is 2. The summed E-state index contributed by atoms with van der Waals surface area (Å²) in [5.41, 5.74) is 3.30. The molecule has 1 saturated heterocycles. The zero-order valence-electron chi connectivity index (χ0n) is 14.3. The maximum atomic E-state index is 12.3. The van der Waals surface area contributed by atoms with E-state index in [9.17, 15) is 9.59 Å². The van der Waals surface area contributed by atoms with Gasteiger partial charge < -0.3 is 9.47 Å². The number of carbonyl (C=O) groups excluding carboxylic acids is 2. The summed E-state index contributed by atoms with van der Waals surface area (Å²) in [5, 5.41) is 2.64. The van der Waals surface area contributed by atoms with Gasteiger partial charge >= 0.3 is 12.2 Å². The molecule has 0 spiro atoms. The summed E-state index contributed by atoms with van der Waals surface area (Å²) in [6, 6.07) is 7.98. The van der Waals surface area contributed by atoms with Crippen LogP contribution in [-0.2, 0) is 14.3 Å². The average molecular weight is 346 g/mol. The smallest absolute Gasteiger partial charge is 0.429 e. The minimum atomic E-state index is -0.602. The van der Waals surface area contributed by atoms with Crippen molar-refractivity contribution >= 4 is 17.9 Å². The molecule has 2 bridgehead atoms. The van der Waals surface area contributed by atoms with Crippen LogP contribution in [0.2, 0.25) is 0 Å². The van der Waals surface area contributed by atoms with Crippen molar-refractivity contribution in [2.45, 2.75) is 19.1 Å². The standard InChI is InChI=1S/C17H20N3O5/c1-10-4-6-11(7-5-10)15-14-12-8-19(15)25-13(14)9-18(16(21)23-2)20(12)17(22)24-3/h4-7,12-14H,8-9H2,1-3H3/q+1. The predicted octanol–water partition coefficient (Wildman–Crippen LogP) is 1.17. The van der Waals surface area contributed by atoms with E-state index in [1.54, 1.807) is 0 Å². The van der Waals surface area contributed by atoms with Gasteiger partial charge in [0.05, 0.1) is 20.8 Å². The van der Waals surface area contributed by atoms with Crippen LogP contribution < -0.4 is 0 Å². The number of carbonyl (C=O) groups is 2. The summed E-state index contributed by atoms with van der Waals surface area (Å²) < 4.78 is 11.6. The fourth-order valence-corrected chi connectivity index (χ4v) is 3.95. The molecule has 4 rings (SSSR count). The molecule has 1 aromatic rings. The quantitative estimate of drug-likeness (QED) is 0.714. The van der Waals surface area contributed by atoms with Crippen LogP contribution in [0.3, 0.4) is 0 Å². The highest BCUT2D eigenvalue weighted by Gasteiger charge is 2.65. The van der Waals surface area contributed by atoms with Crippen LogP contribution in [-0.4, -0.2) is 72.1 Å². The fourth-order valence-electron chi connectivity index (χ4n) is 3.95. The normalized spacial score (nSPS) is 26.6. The molecule has 3 aliphatic heterocycles. The molecule has 0 aliphatic carbocycles. The number of aryl methyl sites for hydroxylation is 1. The average Bonchev–Trinajstić information content (AvgIpc) is 3.16. The molecule has 3 atom stereocenters. The Hall–Kier alpha value is -2.77. The Morgan fingerprint density at radius 3 is 2.48 bits per heavy atom. The molecule has 8 heteroatoms. The Morgan fingerprint density at radius 2 is 1.84 bits per heavy atom. The van der Waals surface area contributed by atoms with Crippen molar-refractivity contribution in [3.05, 3.63) is 35.4 Å². The third kappa shape index (κ3) is 2.24. The summed E-state index contributed by atoms with van der Waals surface area (Å²) in [5.74, 6) is -0.0114. The molecule has 2 amide bonds. The number of benzene rings is 1. The van der Waals surface area contributed by atoms with E-state index < -0.39 is 12.2 Å². The first-order chi connectivity index (χ1) is 12.0. The highest BCUT2D eigenvalue weighted by atomic mass is 16.7. The van der Waals surface area contributed by atoms with Crippen molar-refractivity contribution in [2.75, 3.05) is 27.3 Å². The van der Waals surface area contributed by atoms with Crippen molar-refractivity contribution in [3.8, 4) is 0 Å². The first kappa shape index (κ1) is 15.7. The van der Waals surface area contributed by atoms with Crippen molar-refractivity contribution in [1.29, 1.82) is 0 Å². The van der Waals surface area contributed by atoms with Crippen molar-refractivity contribution in [1.82, 2.24) is 10.0 Å². The van der Waals surface area contributed by atoms with Gasteiger partial charge in [-0.2, -0.15) is 0 Å². The predicted molar refractivity (Wildman–Crippen MR) is 85.9 cm³/mol. The van der Waals surface area contributed by atoms with Gasteiger partial charge in [0.15, 0.2) is 0 Å². The second-order valence-electron chi connectivity index (χ2n) is 6.42. The molecular formula is C17H20N3O5+. The Balaban J connectivity index is 1.70. The Labute approximate surface area is 145 Å². The third-order valence-corrected chi connectivity index (χ3v) is 5.04. The van der Waals surface area contributed by atoms with Gasteiger partial charge in [-0.25, -0.2) is 19.6 Å². The van der Waals surface area contributed by atoms with Crippen molar-refractivity contribution in [2.24, 2.45) is 5.92 Å². The van der Waals surface area contributed by atoms with E-state index in [1.165, 1.54) is 29.8 Å². The second kappa shape index (κ2) is 5.65. The summed E-state index contributed by atoms with van der Waals surface area (Å²) in [4.78, 5) is 30.4. The first-order valence-corrected chi connectivity index (χ1v) is 8.16. The SMILES string of the molecule is COC(=O)N1CC2O[N+]3=C(c4ccc(C)cc4)C2C(C3)N1C(=O)OC. The van der Waals surface area contributed by atoms with E-state index in [4.69, 9.17) is 14.3 Å². The molecule has 0 radical (unpaired) electrons. The van der Waals surface area contributed by atoms with E-state index in [2.05, 4.69) is 24.3 Å². The number of hydrogen-bond donors (Lipinski definition) is 0. The van der Waals surface area contributed by atoms with Crippen molar-refractivity contribution in [3.63, 3.8) is 0 Å². The van der Waals surface area contributed by atoms with Crippen molar-refractivity contribution < 1.29 is 28.6 Å². The molecule has 132 valence electrons. The van der Waals surface area contributed by atoms with Gasteiger partial charge in [-0.15, -0.1) is 0 Å². The van der Waals surface area contributed by atoms with Crippen LogP contribution in [0.15, 0.2) is 24.3 Å². The van der Waals surface area contributed by atoms with Gasteiger partial charge in [-0.05, 0) is 23.8 Å². The number of hydroxylamine groups is 1. The number of nitrogens with zero attached hydrogens (tertiary/aromatic N) is 3.